The third kappa shape index (κ3) is 11.0. The van der Waals surface area contributed by atoms with Gasteiger partial charge in [0.15, 0.2) is 36.7 Å². The van der Waals surface area contributed by atoms with Gasteiger partial charge in [-0.2, -0.15) is 9.13 Å². The maximum atomic E-state index is 13.4. The molecule has 3 aromatic rings. The number of ether oxygens (including phenoxy) is 7. The minimum atomic E-state index is -0.742. The van der Waals surface area contributed by atoms with Crippen molar-refractivity contribution in [1.29, 1.82) is 0 Å². The van der Waals surface area contributed by atoms with Gasteiger partial charge in [-0.15, -0.1) is 0 Å². The van der Waals surface area contributed by atoms with Crippen molar-refractivity contribution in [1.82, 2.24) is 4.98 Å². The third-order valence-corrected chi connectivity index (χ3v) is 9.87. The lowest BCUT2D eigenvalue weighted by atomic mass is 9.98. The Morgan fingerprint density at radius 3 is 1.81 bits per heavy atom. The average Bonchev–Trinajstić information content (AvgIpc) is 3.68. The van der Waals surface area contributed by atoms with E-state index in [1.807, 2.05) is 20.8 Å². The molecule has 2 aliphatic rings. The summed E-state index contributed by atoms with van der Waals surface area (Å²) in [5.74, 6) is -4.37. The monoisotopic (exact) mass is 791 g/mol. The highest BCUT2D eigenvalue weighted by Crippen LogP contribution is 2.35. The summed E-state index contributed by atoms with van der Waals surface area (Å²) in [7, 11) is 0. The van der Waals surface area contributed by atoms with Crippen LogP contribution in [0.5, 0.6) is 0 Å². The second-order valence-electron chi connectivity index (χ2n) is 14.2. The molecule has 5 heterocycles. The predicted octanol–water partition coefficient (Wildman–Crippen LogP) is 3.46. The number of carbonyl (C=O) groups excluding carboxylic acids is 6. The van der Waals surface area contributed by atoms with Crippen molar-refractivity contribution in [3.63, 3.8) is 0 Å². The molecule has 3 aromatic heterocycles. The molecule has 2 aliphatic heterocycles. The molecule has 0 spiro atoms. The lowest BCUT2D eigenvalue weighted by molar-refractivity contribution is -0.765. The Bertz CT molecular complexity index is 1920. The highest BCUT2D eigenvalue weighted by molar-refractivity contribution is 5.96. The molecule has 57 heavy (non-hydrogen) atoms. The van der Waals surface area contributed by atoms with E-state index >= 15 is 0 Å². The van der Waals surface area contributed by atoms with Gasteiger partial charge in [0.2, 0.25) is 0 Å². The van der Waals surface area contributed by atoms with Crippen LogP contribution in [0.2, 0.25) is 0 Å². The Balaban J connectivity index is 1.28. The van der Waals surface area contributed by atoms with Crippen molar-refractivity contribution in [2.24, 2.45) is 17.8 Å². The van der Waals surface area contributed by atoms with Crippen molar-refractivity contribution in [2.45, 2.75) is 91.3 Å². The number of Topliss-reactive ketones (excluding diaryl/α,β-unsaturated/α-hetero) is 1. The molecule has 1 unspecified atom stereocenters. The molecule has 16 heteroatoms. The fraction of sp³-hybridized carbons (Fsp3) is 0.488. The Hall–Kier alpha value is -5.61. The van der Waals surface area contributed by atoms with Crippen molar-refractivity contribution in [3.05, 3.63) is 90.3 Å². The Morgan fingerprint density at radius 2 is 1.26 bits per heavy atom. The largest absolute Gasteiger partial charge is 0.463 e. The fourth-order valence-corrected chi connectivity index (χ4v) is 7.02. The van der Waals surface area contributed by atoms with Crippen LogP contribution in [0.4, 0.5) is 0 Å². The minimum Gasteiger partial charge on any atom is -0.463 e. The van der Waals surface area contributed by atoms with E-state index in [-0.39, 0.29) is 61.1 Å². The van der Waals surface area contributed by atoms with Crippen molar-refractivity contribution >= 4 is 35.6 Å². The van der Waals surface area contributed by atoms with E-state index in [1.54, 1.807) is 64.1 Å². The number of rotatable bonds is 16. The molecule has 0 amide bonds. The maximum Gasteiger partial charge on any atom is 0.344 e. The lowest BCUT2D eigenvalue weighted by Gasteiger charge is -2.19. The van der Waals surface area contributed by atoms with Crippen LogP contribution in [0.1, 0.15) is 97.9 Å². The normalized spacial score (nSPS) is 24.5. The molecule has 0 saturated carbocycles. The van der Waals surface area contributed by atoms with Crippen LogP contribution >= 0.6 is 0 Å². The van der Waals surface area contributed by atoms with E-state index in [0.717, 1.165) is 0 Å². The summed E-state index contributed by atoms with van der Waals surface area (Å²) < 4.78 is 43.3. The average molecular weight is 792 g/mol. The number of hydrogen-bond donors (Lipinski definition) is 0. The van der Waals surface area contributed by atoms with Crippen LogP contribution in [0.25, 0.3) is 0 Å². The highest BCUT2D eigenvalue weighted by atomic mass is 16.6. The molecule has 0 N–H and O–H groups in total. The zero-order valence-corrected chi connectivity index (χ0v) is 32.8. The molecule has 2 fully saturated rings. The first kappa shape index (κ1) is 42.5. The van der Waals surface area contributed by atoms with E-state index in [4.69, 9.17) is 33.2 Å². The SMILES string of the molecule is CC[C@@H]1O[C@H]([n+]2cccc(C(=O)OCC(COC(=O)c3ccc[n+]([C@@H]4O[C@H](COC(C)=O)[C@@H](OC(C)=O)[C@H]4C)c3)CC(=O)c3cccnc3)c2)[C@@H](OC(C)=O)[C@H]1C. The van der Waals surface area contributed by atoms with Gasteiger partial charge in [-0.1, -0.05) is 13.8 Å². The van der Waals surface area contributed by atoms with Gasteiger partial charge in [-0.05, 0) is 37.6 Å². The van der Waals surface area contributed by atoms with Crippen LogP contribution in [0, 0.1) is 17.8 Å². The van der Waals surface area contributed by atoms with Gasteiger partial charge in [-0.25, -0.2) is 9.59 Å². The molecule has 0 radical (unpaired) electrons. The van der Waals surface area contributed by atoms with Gasteiger partial charge in [0, 0.05) is 69.1 Å². The van der Waals surface area contributed by atoms with E-state index in [9.17, 15) is 28.8 Å². The Kier molecular flexibility index (Phi) is 14.6. The fourth-order valence-electron chi connectivity index (χ4n) is 7.02. The zero-order chi connectivity index (χ0) is 41.2. The molecular formula is C41H49N3O13+2. The molecule has 5 rings (SSSR count). The van der Waals surface area contributed by atoms with Crippen molar-refractivity contribution in [2.75, 3.05) is 19.8 Å². The van der Waals surface area contributed by atoms with Crippen LogP contribution < -0.4 is 9.13 Å². The summed E-state index contributed by atoms with van der Waals surface area (Å²) in [4.78, 5) is 79.3. The van der Waals surface area contributed by atoms with Gasteiger partial charge in [0.25, 0.3) is 6.23 Å². The van der Waals surface area contributed by atoms with Crippen LogP contribution in [-0.4, -0.2) is 84.9 Å². The summed E-state index contributed by atoms with van der Waals surface area (Å²) >= 11 is 0. The molecule has 0 bridgehead atoms. The summed E-state index contributed by atoms with van der Waals surface area (Å²) in [5.41, 5.74) is 0.689. The first-order chi connectivity index (χ1) is 27.2. The number of hydrogen-bond acceptors (Lipinski definition) is 14. The third-order valence-electron chi connectivity index (χ3n) is 9.87. The van der Waals surface area contributed by atoms with Gasteiger partial charge < -0.3 is 33.2 Å². The summed E-state index contributed by atoms with van der Waals surface area (Å²) in [5, 5.41) is 0. The summed E-state index contributed by atoms with van der Waals surface area (Å²) in [6, 6.07) is 9.63. The van der Waals surface area contributed by atoms with E-state index < -0.39 is 66.5 Å². The van der Waals surface area contributed by atoms with E-state index in [1.165, 1.54) is 39.4 Å². The van der Waals surface area contributed by atoms with Crippen LogP contribution in [0.3, 0.4) is 0 Å². The second kappa shape index (κ2) is 19.5. The molecule has 2 saturated heterocycles. The first-order valence-electron chi connectivity index (χ1n) is 18.8. The highest BCUT2D eigenvalue weighted by Gasteiger charge is 2.50. The standard InChI is InChI=1S/C41H49N3O13/c1-7-34-24(2)37(55-28(6)47)39(56-34)44-16-10-13-32(20-44)41(50)53-22-29(17-33(48)30-11-8-14-42-18-30)21-52-40(49)31-12-9-15-43(19-31)38-25(3)36(54-27(5)46)35(57-38)23-51-26(4)45/h8-16,18-20,24-25,29,34-39H,7,17,21-23H2,1-6H3/q+2/t24-,25+,29?,34-,35+,36-,37-,38+,39-/m0/s1. The van der Waals surface area contributed by atoms with E-state index in [2.05, 4.69) is 4.98 Å². The Labute approximate surface area is 330 Å². The molecule has 0 aromatic carbocycles. The van der Waals surface area contributed by atoms with Gasteiger partial charge in [-0.3, -0.25) is 24.2 Å². The van der Waals surface area contributed by atoms with Crippen LogP contribution in [-0.2, 0) is 47.5 Å². The molecule has 9 atom stereocenters. The zero-order valence-electron chi connectivity index (χ0n) is 32.8. The van der Waals surface area contributed by atoms with Crippen LogP contribution in [0.15, 0.2) is 73.6 Å². The topological polar surface area (TPSA) is 188 Å². The summed E-state index contributed by atoms with van der Waals surface area (Å²) in [6.07, 6.45) is 6.47. The molecular weight excluding hydrogens is 742 g/mol. The number of aromatic nitrogens is 3. The molecule has 304 valence electrons. The second-order valence-corrected chi connectivity index (χ2v) is 14.2. The number of ketones is 1. The van der Waals surface area contributed by atoms with Crippen molar-refractivity contribution in [3.8, 4) is 0 Å². The molecule has 16 nitrogen and oxygen atoms in total. The lowest BCUT2D eigenvalue weighted by Crippen LogP contribution is -2.46. The van der Waals surface area contributed by atoms with Gasteiger partial charge in [0.1, 0.15) is 29.9 Å². The predicted molar refractivity (Wildman–Crippen MR) is 195 cm³/mol. The number of pyridine rings is 3. The summed E-state index contributed by atoms with van der Waals surface area (Å²) in [6.45, 7) is 8.96. The number of esters is 5. The molecule has 0 aliphatic carbocycles. The smallest absolute Gasteiger partial charge is 0.344 e. The quantitative estimate of drug-likeness (QED) is 0.0888. The number of carbonyl (C=O) groups is 6. The van der Waals surface area contributed by atoms with Crippen molar-refractivity contribution < 1.29 is 71.1 Å². The maximum absolute atomic E-state index is 13.4. The Morgan fingerprint density at radius 1 is 0.702 bits per heavy atom. The number of nitrogens with zero attached hydrogens (tertiary/aromatic N) is 3. The van der Waals surface area contributed by atoms with Gasteiger partial charge in [0.05, 0.1) is 25.2 Å². The van der Waals surface area contributed by atoms with Gasteiger partial charge >= 0.3 is 36.1 Å². The first-order valence-corrected chi connectivity index (χ1v) is 18.8. The van der Waals surface area contributed by atoms with E-state index in [0.29, 0.717) is 12.0 Å². The minimum absolute atomic E-state index is 0.0840.